The molecule has 0 heterocycles. The predicted molar refractivity (Wildman–Crippen MR) is 51.0 cm³/mol. The van der Waals surface area contributed by atoms with Gasteiger partial charge in [-0.1, -0.05) is 13.5 Å². The number of allylic oxidation sites excluding steroid dienone is 2. The number of nitrogens with zero attached hydrogens (tertiary/aromatic N) is 1. The Morgan fingerprint density at radius 2 is 2.36 bits per heavy atom. The highest BCUT2D eigenvalue weighted by molar-refractivity contribution is 5.72. The predicted octanol–water partition coefficient (Wildman–Crippen LogP) is 1.76. The minimum atomic E-state index is 0.982. The summed E-state index contributed by atoms with van der Waals surface area (Å²) in [6.45, 7) is 6.78. The van der Waals surface area contributed by atoms with Gasteiger partial charge in [-0.3, -0.25) is 4.99 Å². The maximum absolute atomic E-state index is 3.84. The van der Waals surface area contributed by atoms with Crippen molar-refractivity contribution < 1.29 is 0 Å². The first kappa shape index (κ1) is 9.95. The lowest BCUT2D eigenvalue weighted by atomic mass is 10.3. The molecule has 0 saturated carbocycles. The first-order valence-corrected chi connectivity index (χ1v) is 3.84. The Hall–Kier alpha value is -1.05. The first-order chi connectivity index (χ1) is 5.35. The number of nitrogens with one attached hydrogen (secondary N) is 1. The molecule has 0 aliphatic heterocycles. The van der Waals surface area contributed by atoms with Gasteiger partial charge in [0.15, 0.2) is 0 Å². The van der Waals surface area contributed by atoms with Gasteiger partial charge in [0.05, 0.1) is 0 Å². The minimum absolute atomic E-state index is 0.982. The fraction of sp³-hybridized carbons (Fsp3) is 0.444. The molecule has 0 aliphatic carbocycles. The molecule has 11 heavy (non-hydrogen) atoms. The number of hydrogen-bond donors (Lipinski definition) is 1. The van der Waals surface area contributed by atoms with E-state index in [0.29, 0.717) is 0 Å². The zero-order valence-electron chi connectivity index (χ0n) is 7.30. The molecule has 0 saturated heterocycles. The van der Waals surface area contributed by atoms with Crippen LogP contribution in [0.15, 0.2) is 29.4 Å². The monoisotopic (exact) mass is 152 g/mol. The topological polar surface area (TPSA) is 24.4 Å². The molecule has 2 heteroatoms. The quantitative estimate of drug-likeness (QED) is 0.471. The van der Waals surface area contributed by atoms with Gasteiger partial charge >= 0.3 is 0 Å². The van der Waals surface area contributed by atoms with Gasteiger partial charge in [0.1, 0.15) is 0 Å². The van der Waals surface area contributed by atoms with Crippen LogP contribution in [-0.2, 0) is 0 Å². The highest BCUT2D eigenvalue weighted by atomic mass is 14.9. The van der Waals surface area contributed by atoms with Gasteiger partial charge in [0.2, 0.25) is 0 Å². The lowest BCUT2D eigenvalue weighted by Crippen LogP contribution is -2.12. The highest BCUT2D eigenvalue weighted by Crippen LogP contribution is 1.88. The lowest BCUT2D eigenvalue weighted by Gasteiger charge is -2.02. The van der Waals surface area contributed by atoms with E-state index < -0.39 is 0 Å². The van der Waals surface area contributed by atoms with Crippen LogP contribution in [0.1, 0.15) is 13.3 Å². The molecule has 0 radical (unpaired) electrons. The van der Waals surface area contributed by atoms with Crippen LogP contribution in [0.3, 0.4) is 0 Å². The first-order valence-electron chi connectivity index (χ1n) is 3.84. The van der Waals surface area contributed by atoms with E-state index in [9.17, 15) is 0 Å². The normalized spacial score (nSPS) is 12.0. The van der Waals surface area contributed by atoms with Crippen LogP contribution in [0.5, 0.6) is 0 Å². The summed E-state index contributed by atoms with van der Waals surface area (Å²) in [5.74, 6) is 0. The van der Waals surface area contributed by atoms with Crippen molar-refractivity contribution in [1.29, 1.82) is 0 Å². The maximum atomic E-state index is 3.84. The summed E-state index contributed by atoms with van der Waals surface area (Å²) in [5, 5.41) is 3.21. The summed E-state index contributed by atoms with van der Waals surface area (Å²) in [5.41, 5.74) is 1.03. The average Bonchev–Trinajstić information content (AvgIpc) is 2.05. The Morgan fingerprint density at radius 1 is 1.64 bits per heavy atom. The van der Waals surface area contributed by atoms with E-state index in [1.807, 2.05) is 6.08 Å². The van der Waals surface area contributed by atoms with Crippen LogP contribution in [0.25, 0.3) is 0 Å². The Labute approximate surface area is 68.7 Å². The van der Waals surface area contributed by atoms with Crippen LogP contribution < -0.4 is 5.32 Å². The van der Waals surface area contributed by atoms with Crippen molar-refractivity contribution in [3.8, 4) is 0 Å². The summed E-state index contributed by atoms with van der Waals surface area (Å²) in [6.07, 6.45) is 6.56. The van der Waals surface area contributed by atoms with E-state index in [1.165, 1.54) is 0 Å². The molecule has 0 aromatic rings. The van der Waals surface area contributed by atoms with Crippen molar-refractivity contribution in [2.75, 3.05) is 13.6 Å². The second-order valence-corrected chi connectivity index (χ2v) is 2.16. The molecular weight excluding hydrogens is 136 g/mol. The average molecular weight is 152 g/mol. The van der Waals surface area contributed by atoms with E-state index in [0.717, 1.165) is 18.7 Å². The lowest BCUT2D eigenvalue weighted by molar-refractivity contribution is 0.786. The van der Waals surface area contributed by atoms with Gasteiger partial charge in [-0.15, -0.1) is 0 Å². The SMILES string of the molecule is C=C/C(=C\C=NC)NCCC. The molecule has 62 valence electrons. The van der Waals surface area contributed by atoms with Gasteiger partial charge in [-0.25, -0.2) is 0 Å². The molecule has 0 aromatic heterocycles. The third-order valence-corrected chi connectivity index (χ3v) is 1.20. The van der Waals surface area contributed by atoms with Crippen molar-refractivity contribution in [1.82, 2.24) is 5.32 Å². The summed E-state index contributed by atoms with van der Waals surface area (Å²) < 4.78 is 0. The number of rotatable bonds is 5. The number of hydrogen-bond acceptors (Lipinski definition) is 2. The summed E-state index contributed by atoms with van der Waals surface area (Å²) in [4.78, 5) is 3.84. The molecule has 1 N–H and O–H groups in total. The van der Waals surface area contributed by atoms with Crippen molar-refractivity contribution in [2.24, 2.45) is 4.99 Å². The largest absolute Gasteiger partial charge is 0.385 e. The summed E-state index contributed by atoms with van der Waals surface area (Å²) in [7, 11) is 1.75. The maximum Gasteiger partial charge on any atom is 0.0349 e. The molecule has 0 spiro atoms. The zero-order valence-corrected chi connectivity index (χ0v) is 7.30. The molecule has 0 atom stereocenters. The number of aliphatic imine (C=N–C) groups is 1. The van der Waals surface area contributed by atoms with E-state index in [1.54, 1.807) is 19.3 Å². The smallest absolute Gasteiger partial charge is 0.0349 e. The Morgan fingerprint density at radius 3 is 2.82 bits per heavy atom. The third-order valence-electron chi connectivity index (χ3n) is 1.20. The standard InChI is InChI=1S/C9H16N2/c1-4-7-11-9(5-2)6-8-10-3/h5-6,8,11H,2,4,7H2,1,3H3/b9-6+,10-8?. The van der Waals surface area contributed by atoms with Crippen LogP contribution in [0, 0.1) is 0 Å². The molecule has 0 amide bonds. The van der Waals surface area contributed by atoms with E-state index in [-0.39, 0.29) is 0 Å². The molecule has 0 aromatic carbocycles. The minimum Gasteiger partial charge on any atom is -0.385 e. The Balaban J connectivity index is 3.83. The van der Waals surface area contributed by atoms with E-state index >= 15 is 0 Å². The van der Waals surface area contributed by atoms with Gasteiger partial charge in [-0.2, -0.15) is 0 Å². The molecule has 0 unspecified atom stereocenters. The van der Waals surface area contributed by atoms with Crippen molar-refractivity contribution in [3.05, 3.63) is 24.4 Å². The Bertz CT molecular complexity index is 157. The summed E-state index contributed by atoms with van der Waals surface area (Å²) >= 11 is 0. The van der Waals surface area contributed by atoms with Crippen molar-refractivity contribution in [2.45, 2.75) is 13.3 Å². The van der Waals surface area contributed by atoms with E-state index in [4.69, 9.17) is 0 Å². The second kappa shape index (κ2) is 7.06. The third kappa shape index (κ3) is 5.40. The fourth-order valence-electron chi connectivity index (χ4n) is 0.623. The highest BCUT2D eigenvalue weighted by Gasteiger charge is 1.84. The van der Waals surface area contributed by atoms with Crippen LogP contribution in [0.4, 0.5) is 0 Å². The molecule has 0 fully saturated rings. The molecule has 2 nitrogen and oxygen atoms in total. The molecule has 0 aliphatic rings. The summed E-state index contributed by atoms with van der Waals surface area (Å²) in [6, 6.07) is 0. The second-order valence-electron chi connectivity index (χ2n) is 2.16. The van der Waals surface area contributed by atoms with Gasteiger partial charge in [0, 0.05) is 25.5 Å². The zero-order chi connectivity index (χ0) is 8.53. The van der Waals surface area contributed by atoms with Crippen molar-refractivity contribution in [3.63, 3.8) is 0 Å². The molecule has 0 rings (SSSR count). The molecular formula is C9H16N2. The van der Waals surface area contributed by atoms with E-state index in [2.05, 4.69) is 23.8 Å². The van der Waals surface area contributed by atoms with Crippen LogP contribution >= 0.6 is 0 Å². The van der Waals surface area contributed by atoms with Gasteiger partial charge < -0.3 is 5.32 Å². The van der Waals surface area contributed by atoms with Crippen molar-refractivity contribution >= 4 is 6.21 Å². The van der Waals surface area contributed by atoms with Crippen LogP contribution in [0.2, 0.25) is 0 Å². The van der Waals surface area contributed by atoms with Crippen LogP contribution in [-0.4, -0.2) is 19.8 Å². The van der Waals surface area contributed by atoms with Gasteiger partial charge in [-0.05, 0) is 18.6 Å². The Kier molecular flexibility index (Phi) is 6.39. The molecule has 0 bridgehead atoms. The fourth-order valence-corrected chi connectivity index (χ4v) is 0.623. The van der Waals surface area contributed by atoms with Gasteiger partial charge in [0.25, 0.3) is 0 Å².